The quantitative estimate of drug-likeness (QED) is 0.427. The van der Waals surface area contributed by atoms with E-state index in [1.165, 1.54) is 6.07 Å². The van der Waals surface area contributed by atoms with Gasteiger partial charge in [0.15, 0.2) is 0 Å². The van der Waals surface area contributed by atoms with Gasteiger partial charge >= 0.3 is 7.60 Å². The maximum Gasteiger partial charge on any atom is 0.327 e. The van der Waals surface area contributed by atoms with Gasteiger partial charge in [-0.25, -0.2) is 13.1 Å². The first-order valence-corrected chi connectivity index (χ1v) is 14.7. The van der Waals surface area contributed by atoms with Crippen molar-refractivity contribution in [1.29, 1.82) is 0 Å². The van der Waals surface area contributed by atoms with E-state index in [1.807, 2.05) is 19.2 Å². The lowest BCUT2D eigenvalue weighted by molar-refractivity contribution is 0.295. The molecule has 1 unspecified atom stereocenters. The summed E-state index contributed by atoms with van der Waals surface area (Å²) in [4.78, 5) is 21.2. The molecule has 0 fully saturated rings. The fourth-order valence-corrected chi connectivity index (χ4v) is 8.01. The minimum absolute atomic E-state index is 0.0416. The van der Waals surface area contributed by atoms with Gasteiger partial charge in [-0.15, -0.1) is 0 Å². The van der Waals surface area contributed by atoms with E-state index in [0.29, 0.717) is 23.1 Å². The third-order valence-corrected chi connectivity index (χ3v) is 9.43. The first-order chi connectivity index (χ1) is 15.3. The van der Waals surface area contributed by atoms with E-state index in [-0.39, 0.29) is 23.7 Å². The number of halogens is 2. The van der Waals surface area contributed by atoms with E-state index >= 15 is 0 Å². The molecule has 3 rings (SSSR count). The second kappa shape index (κ2) is 9.96. The van der Waals surface area contributed by atoms with Gasteiger partial charge in [-0.1, -0.05) is 49.2 Å². The zero-order valence-corrected chi connectivity index (χ0v) is 22.0. The molecule has 1 aliphatic heterocycles. The van der Waals surface area contributed by atoms with Gasteiger partial charge in [0.25, 0.3) is 0 Å². The van der Waals surface area contributed by atoms with Crippen LogP contribution in [0.5, 0.6) is 0 Å². The van der Waals surface area contributed by atoms with Crippen LogP contribution in [0.4, 0.5) is 0 Å². The molecular weight excluding hydrogens is 506 g/mol. The number of nitrogens with one attached hydrogen (secondary N) is 1. The Kier molecular flexibility index (Phi) is 8.04. The van der Waals surface area contributed by atoms with Crippen LogP contribution in [0.25, 0.3) is 0 Å². The number of likely N-dealkylation sites (N-methyl/N-ethyl adjacent to an activating group) is 1. The van der Waals surface area contributed by atoms with E-state index in [4.69, 9.17) is 23.2 Å². The SMILES string of the molecule is CCC(CC)(CP(=O)(O)O)NS(=O)(=O)c1cccc(C2CN(C)Cc3c(Cl)cc(Cl)cc32)c1. The average molecular weight is 535 g/mol. The van der Waals surface area contributed by atoms with Gasteiger partial charge < -0.3 is 14.7 Å². The Morgan fingerprint density at radius 2 is 1.85 bits per heavy atom. The molecular formula is C22H29Cl2N2O5PS. The van der Waals surface area contributed by atoms with Crippen LogP contribution in [0.3, 0.4) is 0 Å². The predicted molar refractivity (Wildman–Crippen MR) is 132 cm³/mol. The highest BCUT2D eigenvalue weighted by Gasteiger charge is 2.38. The monoisotopic (exact) mass is 534 g/mol. The van der Waals surface area contributed by atoms with Gasteiger partial charge in [-0.05, 0) is 60.8 Å². The van der Waals surface area contributed by atoms with Crippen molar-refractivity contribution < 1.29 is 22.8 Å². The van der Waals surface area contributed by atoms with Gasteiger partial charge in [-0.3, -0.25) is 4.57 Å². The second-order valence-electron chi connectivity index (χ2n) is 8.69. The van der Waals surface area contributed by atoms with Crippen LogP contribution < -0.4 is 4.72 Å². The number of benzene rings is 2. The highest BCUT2D eigenvalue weighted by molar-refractivity contribution is 7.89. The van der Waals surface area contributed by atoms with E-state index < -0.39 is 29.3 Å². The number of nitrogens with zero attached hydrogens (tertiary/aromatic N) is 1. The maximum absolute atomic E-state index is 13.3. The molecule has 33 heavy (non-hydrogen) atoms. The van der Waals surface area contributed by atoms with Crippen molar-refractivity contribution >= 4 is 40.8 Å². The van der Waals surface area contributed by atoms with Gasteiger partial charge in [0.2, 0.25) is 10.0 Å². The third kappa shape index (κ3) is 6.19. The standard InChI is InChI=1S/C22H29Cl2N2O5PS/c1-4-22(5-2,14-32(27,28)29)25-33(30,31)17-8-6-7-15(9-17)19-12-26(3)13-20-18(19)10-16(23)11-21(20)24/h6-11,19,25H,4-5,12-14H2,1-3H3,(H2,27,28,29). The van der Waals surface area contributed by atoms with E-state index in [0.717, 1.165) is 16.7 Å². The third-order valence-electron chi connectivity index (χ3n) is 6.28. The van der Waals surface area contributed by atoms with Gasteiger partial charge in [0, 0.05) is 34.6 Å². The molecule has 0 aliphatic carbocycles. The Hall–Kier alpha value is -0.960. The summed E-state index contributed by atoms with van der Waals surface area (Å²) in [5.41, 5.74) is 1.47. The van der Waals surface area contributed by atoms with Crippen LogP contribution in [-0.2, 0) is 21.1 Å². The lowest BCUT2D eigenvalue weighted by atomic mass is 9.85. The lowest BCUT2D eigenvalue weighted by Gasteiger charge is -2.34. The summed E-state index contributed by atoms with van der Waals surface area (Å²) in [5.74, 6) is -0.137. The minimum Gasteiger partial charge on any atom is -0.324 e. The molecule has 7 nitrogen and oxygen atoms in total. The molecule has 2 aromatic rings. The van der Waals surface area contributed by atoms with Crippen LogP contribution in [0.15, 0.2) is 41.3 Å². The summed E-state index contributed by atoms with van der Waals surface area (Å²) < 4.78 is 40.8. The molecule has 0 amide bonds. The zero-order chi connectivity index (χ0) is 24.6. The van der Waals surface area contributed by atoms with Crippen molar-refractivity contribution in [2.75, 3.05) is 19.8 Å². The van der Waals surface area contributed by atoms with Gasteiger partial charge in [0.05, 0.1) is 11.1 Å². The lowest BCUT2D eigenvalue weighted by Crippen LogP contribution is -2.50. The molecule has 0 bridgehead atoms. The van der Waals surface area contributed by atoms with Crippen LogP contribution in [0.1, 0.15) is 49.3 Å². The average Bonchev–Trinajstić information content (AvgIpc) is 2.72. The first-order valence-electron chi connectivity index (χ1n) is 10.6. The highest BCUT2D eigenvalue weighted by atomic mass is 35.5. The molecule has 182 valence electrons. The van der Waals surface area contributed by atoms with E-state index in [1.54, 1.807) is 32.0 Å². The smallest absolute Gasteiger partial charge is 0.324 e. The summed E-state index contributed by atoms with van der Waals surface area (Å²) in [6.45, 7) is 4.74. The maximum atomic E-state index is 13.3. The minimum atomic E-state index is -4.44. The van der Waals surface area contributed by atoms with Crippen molar-refractivity contribution in [2.45, 2.75) is 49.6 Å². The highest BCUT2D eigenvalue weighted by Crippen LogP contribution is 2.42. The largest absolute Gasteiger partial charge is 0.327 e. The Morgan fingerprint density at radius 3 is 2.45 bits per heavy atom. The number of hydrogen-bond donors (Lipinski definition) is 3. The molecule has 0 spiro atoms. The Morgan fingerprint density at radius 1 is 1.18 bits per heavy atom. The molecule has 1 heterocycles. The molecule has 1 atom stereocenters. The molecule has 0 aromatic heterocycles. The van der Waals surface area contributed by atoms with Gasteiger partial charge in [-0.2, -0.15) is 0 Å². The summed E-state index contributed by atoms with van der Waals surface area (Å²) in [6.07, 6.45) is -0.0830. The van der Waals surface area contributed by atoms with Crippen LogP contribution in [0, 0.1) is 0 Å². The molecule has 3 N–H and O–H groups in total. The van der Waals surface area contributed by atoms with Crippen LogP contribution in [-0.4, -0.2) is 48.4 Å². The number of fused-ring (bicyclic) bond motifs is 1. The summed E-state index contributed by atoms with van der Waals surface area (Å²) in [5, 5.41) is 1.10. The van der Waals surface area contributed by atoms with Crippen LogP contribution >= 0.6 is 30.8 Å². The number of sulfonamides is 1. The normalized spacial score (nSPS) is 17.7. The Bertz CT molecular complexity index is 1180. The predicted octanol–water partition coefficient (Wildman–Crippen LogP) is 4.59. The molecule has 1 aliphatic rings. The molecule has 0 saturated carbocycles. The summed E-state index contributed by atoms with van der Waals surface area (Å²) in [6, 6.07) is 10.2. The second-order valence-corrected chi connectivity index (χ2v) is 12.9. The summed E-state index contributed by atoms with van der Waals surface area (Å²) in [7, 11) is -6.51. The van der Waals surface area contributed by atoms with Crippen molar-refractivity contribution in [3.05, 3.63) is 63.1 Å². The Labute approximate surface area is 205 Å². The first kappa shape index (κ1) is 26.6. The molecule has 11 heteroatoms. The van der Waals surface area contributed by atoms with Crippen molar-refractivity contribution in [3.8, 4) is 0 Å². The molecule has 0 saturated heterocycles. The van der Waals surface area contributed by atoms with Crippen molar-refractivity contribution in [1.82, 2.24) is 9.62 Å². The van der Waals surface area contributed by atoms with Crippen molar-refractivity contribution in [2.24, 2.45) is 0 Å². The zero-order valence-electron chi connectivity index (χ0n) is 18.8. The molecule has 0 radical (unpaired) electrons. The van der Waals surface area contributed by atoms with E-state index in [2.05, 4.69) is 9.62 Å². The van der Waals surface area contributed by atoms with Crippen molar-refractivity contribution in [3.63, 3.8) is 0 Å². The molecule has 2 aromatic carbocycles. The Balaban J connectivity index is 2.02. The van der Waals surface area contributed by atoms with Crippen LogP contribution in [0.2, 0.25) is 10.0 Å². The topological polar surface area (TPSA) is 107 Å². The van der Waals surface area contributed by atoms with E-state index in [9.17, 15) is 22.8 Å². The number of rotatable bonds is 8. The van der Waals surface area contributed by atoms with Gasteiger partial charge in [0.1, 0.15) is 0 Å². The number of hydrogen-bond acceptors (Lipinski definition) is 4. The fourth-order valence-electron chi connectivity index (χ4n) is 4.42. The fraction of sp³-hybridized carbons (Fsp3) is 0.455. The summed E-state index contributed by atoms with van der Waals surface area (Å²) >= 11 is 12.7.